The van der Waals surface area contributed by atoms with E-state index in [9.17, 15) is 4.39 Å². The van der Waals surface area contributed by atoms with Crippen LogP contribution >= 0.6 is 11.6 Å². The van der Waals surface area contributed by atoms with Gasteiger partial charge in [0.05, 0.1) is 11.7 Å². The normalized spacial score (nSPS) is 16.0. The van der Waals surface area contributed by atoms with Gasteiger partial charge in [0.2, 0.25) is 5.95 Å². The van der Waals surface area contributed by atoms with Crippen molar-refractivity contribution in [3.63, 3.8) is 0 Å². The highest BCUT2D eigenvalue weighted by Gasteiger charge is 2.29. The predicted molar refractivity (Wildman–Crippen MR) is 76.0 cm³/mol. The van der Waals surface area contributed by atoms with E-state index in [0.29, 0.717) is 16.5 Å². The Kier molecular flexibility index (Phi) is 2.65. The highest BCUT2D eigenvalue weighted by Crippen LogP contribution is 2.37. The fraction of sp³-hybridized carbons (Fsp3) is 0.0714. The predicted octanol–water partition coefficient (Wildman–Crippen LogP) is 2.97. The minimum Gasteiger partial charge on any atom is -0.342 e. The molecule has 0 aliphatic carbocycles. The fourth-order valence-electron chi connectivity index (χ4n) is 2.55. The lowest BCUT2D eigenvalue weighted by molar-refractivity contribution is 0.601. The molecule has 0 saturated heterocycles. The number of tetrazole rings is 1. The lowest BCUT2D eigenvalue weighted by Crippen LogP contribution is -2.23. The minimum atomic E-state index is -0.390. The van der Waals surface area contributed by atoms with E-state index in [0.717, 1.165) is 11.3 Å². The number of hydrogen-bond acceptors (Lipinski definition) is 4. The topological polar surface area (TPSA) is 55.6 Å². The Morgan fingerprint density at radius 1 is 1.14 bits per heavy atom. The van der Waals surface area contributed by atoms with Crippen LogP contribution in [0.4, 0.5) is 10.3 Å². The third kappa shape index (κ3) is 1.87. The summed E-state index contributed by atoms with van der Waals surface area (Å²) in [6.45, 7) is 0. The number of aromatic nitrogens is 4. The third-order valence-corrected chi connectivity index (χ3v) is 3.72. The molecule has 0 radical (unpaired) electrons. The Labute approximate surface area is 124 Å². The van der Waals surface area contributed by atoms with Crippen LogP contribution in [0, 0.1) is 5.82 Å². The van der Waals surface area contributed by atoms with Crippen LogP contribution < -0.4 is 5.32 Å². The van der Waals surface area contributed by atoms with Gasteiger partial charge in [0.15, 0.2) is 0 Å². The third-order valence-electron chi connectivity index (χ3n) is 3.49. The van der Waals surface area contributed by atoms with Crippen molar-refractivity contribution < 1.29 is 4.39 Å². The molecule has 7 heteroatoms. The van der Waals surface area contributed by atoms with Gasteiger partial charge in [-0.05, 0) is 34.7 Å². The van der Waals surface area contributed by atoms with Gasteiger partial charge in [-0.25, -0.2) is 4.39 Å². The number of nitrogens with one attached hydrogen (secondary N) is 1. The molecule has 21 heavy (non-hydrogen) atoms. The zero-order valence-corrected chi connectivity index (χ0v) is 11.4. The Hall–Kier alpha value is -2.47. The lowest BCUT2D eigenvalue weighted by Gasteiger charge is -2.27. The molecule has 1 unspecified atom stereocenters. The van der Waals surface area contributed by atoms with Gasteiger partial charge in [0, 0.05) is 16.1 Å². The maximum Gasteiger partial charge on any atom is 0.248 e. The van der Waals surface area contributed by atoms with E-state index < -0.39 is 6.04 Å². The molecule has 4 rings (SSSR count). The van der Waals surface area contributed by atoms with Crippen LogP contribution in [0.3, 0.4) is 0 Å². The van der Waals surface area contributed by atoms with Gasteiger partial charge in [-0.3, -0.25) is 0 Å². The van der Waals surface area contributed by atoms with Crippen LogP contribution in [0.1, 0.15) is 17.2 Å². The summed E-state index contributed by atoms with van der Waals surface area (Å²) in [5, 5.41) is 15.2. The molecule has 104 valence electrons. The molecular formula is C14H9ClFN5. The first-order valence-electron chi connectivity index (χ1n) is 6.33. The van der Waals surface area contributed by atoms with Crippen LogP contribution in [0.2, 0.25) is 5.02 Å². The number of fused-ring (bicyclic) bond motifs is 3. The van der Waals surface area contributed by atoms with Gasteiger partial charge in [-0.1, -0.05) is 34.9 Å². The highest BCUT2D eigenvalue weighted by atomic mass is 35.5. The minimum absolute atomic E-state index is 0.290. The van der Waals surface area contributed by atoms with Crippen molar-refractivity contribution in [1.29, 1.82) is 0 Å². The first-order valence-corrected chi connectivity index (χ1v) is 6.71. The number of rotatable bonds is 1. The molecule has 0 saturated carbocycles. The van der Waals surface area contributed by atoms with Gasteiger partial charge in [0.25, 0.3) is 0 Å². The molecule has 0 amide bonds. The summed E-state index contributed by atoms with van der Waals surface area (Å²) < 4.78 is 15.7. The van der Waals surface area contributed by atoms with E-state index in [1.165, 1.54) is 6.07 Å². The van der Waals surface area contributed by atoms with Gasteiger partial charge in [0.1, 0.15) is 5.82 Å². The highest BCUT2D eigenvalue weighted by molar-refractivity contribution is 6.30. The first kappa shape index (κ1) is 12.3. The van der Waals surface area contributed by atoms with Gasteiger partial charge in [-0.2, -0.15) is 4.68 Å². The molecule has 1 N–H and O–H groups in total. The van der Waals surface area contributed by atoms with E-state index >= 15 is 0 Å². The van der Waals surface area contributed by atoms with Crippen molar-refractivity contribution in [2.24, 2.45) is 0 Å². The molecule has 1 aliphatic rings. The number of anilines is 1. The summed E-state index contributed by atoms with van der Waals surface area (Å²) in [6.07, 6.45) is 0. The van der Waals surface area contributed by atoms with Crippen molar-refractivity contribution in [3.05, 3.63) is 64.4 Å². The zero-order chi connectivity index (χ0) is 14.4. The van der Waals surface area contributed by atoms with Gasteiger partial charge in [-0.15, -0.1) is 0 Å². The van der Waals surface area contributed by atoms with E-state index in [1.54, 1.807) is 35.0 Å². The van der Waals surface area contributed by atoms with E-state index in [1.807, 2.05) is 6.07 Å². The lowest BCUT2D eigenvalue weighted by atomic mass is 9.95. The summed E-state index contributed by atoms with van der Waals surface area (Å²) in [4.78, 5) is 0. The van der Waals surface area contributed by atoms with Crippen molar-refractivity contribution in [2.75, 3.05) is 5.32 Å². The molecule has 0 bridgehead atoms. The molecule has 2 aromatic carbocycles. The van der Waals surface area contributed by atoms with Crippen molar-refractivity contribution in [1.82, 2.24) is 20.2 Å². The Balaban J connectivity index is 1.96. The standard InChI is InChI=1S/C14H9ClFN5/c15-8-5-6-12-10(7-8)13(9-3-1-2-4-11(9)16)17-14-18-19-20-21(12)14/h1-7,13H,(H,17,18,20). The van der Waals surface area contributed by atoms with Crippen molar-refractivity contribution in [3.8, 4) is 5.69 Å². The Morgan fingerprint density at radius 2 is 2.00 bits per heavy atom. The molecule has 0 spiro atoms. The van der Waals surface area contributed by atoms with Gasteiger partial charge >= 0.3 is 0 Å². The van der Waals surface area contributed by atoms with Crippen molar-refractivity contribution in [2.45, 2.75) is 6.04 Å². The summed E-state index contributed by atoms with van der Waals surface area (Å²) >= 11 is 6.09. The maximum atomic E-state index is 14.1. The van der Waals surface area contributed by atoms with Crippen LogP contribution in [0.15, 0.2) is 42.5 Å². The molecule has 1 aromatic heterocycles. The van der Waals surface area contributed by atoms with Crippen molar-refractivity contribution >= 4 is 17.5 Å². The molecule has 5 nitrogen and oxygen atoms in total. The fourth-order valence-corrected chi connectivity index (χ4v) is 2.73. The maximum absolute atomic E-state index is 14.1. The number of halogens is 2. The van der Waals surface area contributed by atoms with Crippen LogP contribution in [-0.4, -0.2) is 20.2 Å². The number of benzene rings is 2. The Morgan fingerprint density at radius 3 is 2.86 bits per heavy atom. The second-order valence-electron chi connectivity index (χ2n) is 4.72. The summed E-state index contributed by atoms with van der Waals surface area (Å²) in [5.41, 5.74) is 2.13. The largest absolute Gasteiger partial charge is 0.342 e. The van der Waals surface area contributed by atoms with E-state index in [2.05, 4.69) is 20.8 Å². The quantitative estimate of drug-likeness (QED) is 0.751. The Bertz CT molecular complexity index is 832. The summed E-state index contributed by atoms with van der Waals surface area (Å²) in [5.74, 6) is 0.180. The zero-order valence-electron chi connectivity index (χ0n) is 10.7. The average molecular weight is 302 g/mol. The van der Waals surface area contributed by atoms with E-state index in [-0.39, 0.29) is 5.82 Å². The SMILES string of the molecule is Fc1ccccc1C1Nc2nnnn2-c2ccc(Cl)cc21. The van der Waals surface area contributed by atoms with Crippen LogP contribution in [0.25, 0.3) is 5.69 Å². The smallest absolute Gasteiger partial charge is 0.248 e. The second kappa shape index (κ2) is 4.53. The first-order chi connectivity index (χ1) is 10.2. The van der Waals surface area contributed by atoms with Crippen LogP contribution in [-0.2, 0) is 0 Å². The molecular weight excluding hydrogens is 293 g/mol. The average Bonchev–Trinajstić information content (AvgIpc) is 2.95. The monoisotopic (exact) mass is 301 g/mol. The number of nitrogens with zero attached hydrogens (tertiary/aromatic N) is 4. The number of hydrogen-bond donors (Lipinski definition) is 1. The molecule has 1 aliphatic heterocycles. The summed E-state index contributed by atoms with van der Waals surface area (Å²) in [7, 11) is 0. The van der Waals surface area contributed by atoms with E-state index in [4.69, 9.17) is 11.6 Å². The molecule has 0 fully saturated rings. The van der Waals surface area contributed by atoms with Gasteiger partial charge < -0.3 is 5.32 Å². The second-order valence-corrected chi connectivity index (χ2v) is 5.15. The van der Waals surface area contributed by atoms with Crippen LogP contribution in [0.5, 0.6) is 0 Å². The molecule has 3 aromatic rings. The molecule has 1 atom stereocenters. The molecule has 2 heterocycles. The summed E-state index contributed by atoms with van der Waals surface area (Å²) in [6, 6.07) is 11.6.